The van der Waals surface area contributed by atoms with Crippen molar-refractivity contribution in [2.24, 2.45) is 0 Å². The molecule has 0 aliphatic rings. The van der Waals surface area contributed by atoms with E-state index in [1.54, 1.807) is 18.2 Å². The Morgan fingerprint density at radius 1 is 1.21 bits per heavy atom. The second-order valence-corrected chi connectivity index (χ2v) is 6.32. The van der Waals surface area contributed by atoms with Gasteiger partial charge in [-0.25, -0.2) is 13.1 Å². The van der Waals surface area contributed by atoms with E-state index >= 15 is 0 Å². The molecule has 0 radical (unpaired) electrons. The van der Waals surface area contributed by atoms with Crippen LogP contribution in [0, 0.1) is 0 Å². The van der Waals surface area contributed by atoms with Crippen LogP contribution in [0.4, 0.5) is 5.69 Å². The maximum atomic E-state index is 12.2. The Balaban J connectivity index is 2.71. The van der Waals surface area contributed by atoms with Gasteiger partial charge in [-0.1, -0.05) is 12.1 Å². The Morgan fingerprint density at radius 2 is 1.89 bits per heavy atom. The van der Waals surface area contributed by atoms with Crippen molar-refractivity contribution in [1.82, 2.24) is 9.62 Å². The largest absolute Gasteiger partial charge is 0.384 e. The summed E-state index contributed by atoms with van der Waals surface area (Å²) < 4.78 is 27.1. The van der Waals surface area contributed by atoms with Gasteiger partial charge in [0.25, 0.3) is 0 Å². The smallest absolute Gasteiger partial charge is 0.242 e. The Bertz CT molecular complexity index is 486. The lowest BCUT2D eigenvalue weighted by Crippen LogP contribution is -2.28. The molecule has 1 aromatic carbocycles. The summed E-state index contributed by atoms with van der Waals surface area (Å²) in [6.45, 7) is 3.93. The summed E-state index contributed by atoms with van der Waals surface area (Å²) in [5, 5.41) is 3.06. The van der Waals surface area contributed by atoms with Crippen molar-refractivity contribution < 1.29 is 8.42 Å². The first-order valence-electron chi connectivity index (χ1n) is 6.44. The number of nitrogens with one attached hydrogen (secondary N) is 2. The minimum absolute atomic E-state index is 0.307. The predicted molar refractivity (Wildman–Crippen MR) is 79.0 cm³/mol. The van der Waals surface area contributed by atoms with Crippen molar-refractivity contribution in [1.29, 1.82) is 0 Å². The van der Waals surface area contributed by atoms with E-state index < -0.39 is 10.0 Å². The third-order valence-corrected chi connectivity index (χ3v) is 4.14. The van der Waals surface area contributed by atoms with Gasteiger partial charge in [0.1, 0.15) is 4.90 Å². The summed E-state index contributed by atoms with van der Waals surface area (Å²) in [5.74, 6) is 0. The fourth-order valence-corrected chi connectivity index (χ4v) is 2.97. The number of rotatable bonds is 8. The average Bonchev–Trinajstić information content (AvgIpc) is 2.35. The molecule has 2 N–H and O–H groups in total. The molecular weight excluding hydrogens is 262 g/mol. The van der Waals surface area contributed by atoms with Gasteiger partial charge >= 0.3 is 0 Å². The van der Waals surface area contributed by atoms with Gasteiger partial charge in [0.15, 0.2) is 0 Å². The van der Waals surface area contributed by atoms with Crippen LogP contribution in [0.2, 0.25) is 0 Å². The van der Waals surface area contributed by atoms with Crippen molar-refractivity contribution in [3.63, 3.8) is 0 Å². The minimum atomic E-state index is -3.44. The number of nitrogens with zero attached hydrogens (tertiary/aromatic N) is 1. The van der Waals surface area contributed by atoms with E-state index in [9.17, 15) is 8.42 Å². The highest BCUT2D eigenvalue weighted by atomic mass is 32.2. The molecule has 1 rings (SSSR count). The topological polar surface area (TPSA) is 61.4 Å². The summed E-state index contributed by atoms with van der Waals surface area (Å²) in [4.78, 5) is 2.34. The number of hydrogen-bond acceptors (Lipinski definition) is 4. The SMILES string of the molecule is CCNc1ccccc1S(=O)(=O)NCCCN(C)C. The van der Waals surface area contributed by atoms with Gasteiger partial charge < -0.3 is 10.2 Å². The highest BCUT2D eigenvalue weighted by molar-refractivity contribution is 7.89. The Hall–Kier alpha value is -1.11. The van der Waals surface area contributed by atoms with Crippen molar-refractivity contribution in [2.75, 3.05) is 39.0 Å². The van der Waals surface area contributed by atoms with Crippen LogP contribution < -0.4 is 10.0 Å². The fraction of sp³-hybridized carbons (Fsp3) is 0.538. The maximum Gasteiger partial charge on any atom is 0.242 e. The molecule has 0 saturated carbocycles. The van der Waals surface area contributed by atoms with Gasteiger partial charge in [0.05, 0.1) is 5.69 Å². The quantitative estimate of drug-likeness (QED) is 0.708. The van der Waals surface area contributed by atoms with Crippen LogP contribution in [0.3, 0.4) is 0 Å². The molecule has 0 atom stereocenters. The van der Waals surface area contributed by atoms with Gasteiger partial charge in [-0.15, -0.1) is 0 Å². The molecule has 0 spiro atoms. The highest BCUT2D eigenvalue weighted by Crippen LogP contribution is 2.20. The van der Waals surface area contributed by atoms with E-state index in [1.165, 1.54) is 0 Å². The number of para-hydroxylation sites is 1. The molecule has 0 aliphatic carbocycles. The first kappa shape index (κ1) is 15.9. The molecule has 0 heterocycles. The monoisotopic (exact) mass is 285 g/mol. The molecule has 0 fully saturated rings. The van der Waals surface area contributed by atoms with E-state index in [1.807, 2.05) is 32.0 Å². The standard InChI is InChI=1S/C13H23N3O2S/c1-4-14-12-8-5-6-9-13(12)19(17,18)15-10-7-11-16(2)3/h5-6,8-9,14-15H,4,7,10-11H2,1-3H3. The van der Waals surface area contributed by atoms with Crippen LogP contribution in [-0.2, 0) is 10.0 Å². The van der Waals surface area contributed by atoms with Crippen LogP contribution in [0.15, 0.2) is 29.2 Å². The number of hydrogen-bond donors (Lipinski definition) is 2. The molecule has 0 aromatic heterocycles. The zero-order valence-electron chi connectivity index (χ0n) is 11.8. The van der Waals surface area contributed by atoms with Crippen LogP contribution in [-0.4, -0.2) is 47.0 Å². The van der Waals surface area contributed by atoms with E-state index in [0.29, 0.717) is 23.7 Å². The number of benzene rings is 1. The van der Waals surface area contributed by atoms with Gasteiger partial charge in [-0.2, -0.15) is 0 Å². The lowest BCUT2D eigenvalue weighted by molar-refractivity contribution is 0.400. The van der Waals surface area contributed by atoms with Crippen molar-refractivity contribution >= 4 is 15.7 Å². The van der Waals surface area contributed by atoms with Gasteiger partial charge in [-0.05, 0) is 46.1 Å². The molecule has 0 aliphatic heterocycles. The third-order valence-electron chi connectivity index (χ3n) is 2.62. The fourth-order valence-electron chi connectivity index (χ4n) is 1.72. The Kier molecular flexibility index (Phi) is 6.27. The Morgan fingerprint density at radius 3 is 2.53 bits per heavy atom. The normalized spacial score (nSPS) is 11.8. The average molecular weight is 285 g/mol. The summed E-state index contributed by atoms with van der Waals surface area (Å²) in [5.41, 5.74) is 0.644. The lowest BCUT2D eigenvalue weighted by atomic mass is 10.3. The molecule has 0 saturated heterocycles. The first-order valence-corrected chi connectivity index (χ1v) is 7.93. The molecule has 0 bridgehead atoms. The van der Waals surface area contributed by atoms with E-state index in [0.717, 1.165) is 13.0 Å². The lowest BCUT2D eigenvalue weighted by Gasteiger charge is -2.13. The first-order chi connectivity index (χ1) is 8.97. The second-order valence-electron chi connectivity index (χ2n) is 4.58. The van der Waals surface area contributed by atoms with Crippen molar-refractivity contribution in [2.45, 2.75) is 18.2 Å². The number of anilines is 1. The van der Waals surface area contributed by atoms with Gasteiger partial charge in [0.2, 0.25) is 10.0 Å². The Labute approximate surface area is 116 Å². The van der Waals surface area contributed by atoms with E-state index in [2.05, 4.69) is 10.0 Å². The van der Waals surface area contributed by atoms with Crippen LogP contribution in [0.1, 0.15) is 13.3 Å². The molecule has 19 heavy (non-hydrogen) atoms. The molecular formula is C13H23N3O2S. The second kappa shape index (κ2) is 7.47. The minimum Gasteiger partial charge on any atom is -0.384 e. The zero-order chi connectivity index (χ0) is 14.3. The van der Waals surface area contributed by atoms with Crippen LogP contribution >= 0.6 is 0 Å². The van der Waals surface area contributed by atoms with Crippen LogP contribution in [0.25, 0.3) is 0 Å². The predicted octanol–water partition coefficient (Wildman–Crippen LogP) is 1.35. The molecule has 0 unspecified atom stereocenters. The highest BCUT2D eigenvalue weighted by Gasteiger charge is 2.16. The third kappa shape index (κ3) is 5.18. The molecule has 0 amide bonds. The summed E-state index contributed by atoms with van der Waals surface area (Å²) in [6.07, 6.45) is 0.787. The molecule has 6 heteroatoms. The summed E-state index contributed by atoms with van der Waals surface area (Å²) in [7, 11) is 0.492. The summed E-state index contributed by atoms with van der Waals surface area (Å²) in [6, 6.07) is 6.95. The number of sulfonamides is 1. The summed E-state index contributed by atoms with van der Waals surface area (Å²) >= 11 is 0. The van der Waals surface area contributed by atoms with Gasteiger partial charge in [0, 0.05) is 13.1 Å². The molecule has 108 valence electrons. The van der Waals surface area contributed by atoms with Gasteiger partial charge in [-0.3, -0.25) is 0 Å². The maximum absolute atomic E-state index is 12.2. The van der Waals surface area contributed by atoms with Crippen molar-refractivity contribution in [3.05, 3.63) is 24.3 Å². The molecule has 5 nitrogen and oxygen atoms in total. The molecule has 1 aromatic rings. The van der Waals surface area contributed by atoms with Crippen LogP contribution in [0.5, 0.6) is 0 Å². The van der Waals surface area contributed by atoms with E-state index in [4.69, 9.17) is 0 Å². The van der Waals surface area contributed by atoms with E-state index in [-0.39, 0.29) is 0 Å². The van der Waals surface area contributed by atoms with Crippen molar-refractivity contribution in [3.8, 4) is 0 Å². The zero-order valence-corrected chi connectivity index (χ0v) is 12.6.